The first-order valence-electron chi connectivity index (χ1n) is 6.17. The van der Waals surface area contributed by atoms with Crippen LogP contribution in [0.4, 0.5) is 0 Å². The SMILES string of the molecule is NNC(=O)c1ncn([C@H]2O[C@@H](CO)[C@@H](O)[C@H]2O)c1C(=O)NN. The molecule has 122 valence electrons. The Morgan fingerprint density at radius 1 is 1.27 bits per heavy atom. The van der Waals surface area contributed by atoms with Crippen molar-refractivity contribution in [2.75, 3.05) is 6.61 Å². The van der Waals surface area contributed by atoms with Crippen molar-refractivity contribution in [1.82, 2.24) is 20.4 Å². The number of carbonyl (C=O) groups excluding carboxylic acids is 2. The molecule has 2 rings (SSSR count). The fourth-order valence-electron chi connectivity index (χ4n) is 2.19. The van der Waals surface area contributed by atoms with Gasteiger partial charge in [-0.05, 0) is 0 Å². The van der Waals surface area contributed by atoms with Crippen molar-refractivity contribution in [3.63, 3.8) is 0 Å². The molecule has 12 nitrogen and oxygen atoms in total. The fraction of sp³-hybridized carbons (Fsp3) is 0.500. The zero-order valence-corrected chi connectivity index (χ0v) is 11.2. The van der Waals surface area contributed by atoms with Crippen LogP contribution in [0.2, 0.25) is 0 Å². The van der Waals surface area contributed by atoms with Gasteiger partial charge in [0.2, 0.25) is 0 Å². The lowest BCUT2D eigenvalue weighted by molar-refractivity contribution is -0.0535. The molecule has 0 radical (unpaired) electrons. The quantitative estimate of drug-likeness (QED) is 0.163. The third-order valence-corrected chi connectivity index (χ3v) is 3.28. The van der Waals surface area contributed by atoms with E-state index < -0.39 is 43.0 Å². The summed E-state index contributed by atoms with van der Waals surface area (Å²) >= 11 is 0. The third-order valence-electron chi connectivity index (χ3n) is 3.28. The van der Waals surface area contributed by atoms with Gasteiger partial charge in [0.25, 0.3) is 11.8 Å². The molecule has 0 unspecified atom stereocenters. The van der Waals surface area contributed by atoms with Crippen molar-refractivity contribution in [1.29, 1.82) is 0 Å². The maximum atomic E-state index is 11.9. The Hall–Kier alpha value is -2.09. The molecule has 1 aromatic heterocycles. The maximum absolute atomic E-state index is 11.9. The van der Waals surface area contributed by atoms with Crippen LogP contribution in [0.5, 0.6) is 0 Å². The highest BCUT2D eigenvalue weighted by Gasteiger charge is 2.45. The van der Waals surface area contributed by atoms with E-state index >= 15 is 0 Å². The van der Waals surface area contributed by atoms with Crippen LogP contribution in [-0.2, 0) is 4.74 Å². The van der Waals surface area contributed by atoms with Gasteiger partial charge < -0.3 is 20.1 Å². The molecule has 12 heteroatoms. The van der Waals surface area contributed by atoms with Gasteiger partial charge in [0, 0.05) is 0 Å². The summed E-state index contributed by atoms with van der Waals surface area (Å²) in [7, 11) is 0. The van der Waals surface area contributed by atoms with E-state index in [9.17, 15) is 19.8 Å². The molecular weight excluding hydrogens is 300 g/mol. The molecule has 2 heterocycles. The van der Waals surface area contributed by atoms with Gasteiger partial charge in [0.15, 0.2) is 11.9 Å². The van der Waals surface area contributed by atoms with Crippen LogP contribution in [0.3, 0.4) is 0 Å². The minimum absolute atomic E-state index is 0.319. The van der Waals surface area contributed by atoms with Crippen molar-refractivity contribution in [2.24, 2.45) is 11.7 Å². The van der Waals surface area contributed by atoms with Crippen LogP contribution in [0.1, 0.15) is 27.2 Å². The largest absolute Gasteiger partial charge is 0.394 e. The molecule has 4 atom stereocenters. The number of nitrogens with two attached hydrogens (primary N) is 2. The van der Waals surface area contributed by atoms with E-state index in [1.807, 2.05) is 10.9 Å². The molecule has 0 aliphatic carbocycles. The van der Waals surface area contributed by atoms with Crippen LogP contribution >= 0.6 is 0 Å². The molecule has 0 spiro atoms. The minimum Gasteiger partial charge on any atom is -0.394 e. The summed E-state index contributed by atoms with van der Waals surface area (Å²) < 4.78 is 6.30. The van der Waals surface area contributed by atoms with Gasteiger partial charge >= 0.3 is 0 Å². The number of hydrogen-bond donors (Lipinski definition) is 7. The Morgan fingerprint density at radius 3 is 2.41 bits per heavy atom. The van der Waals surface area contributed by atoms with E-state index in [2.05, 4.69) is 4.98 Å². The summed E-state index contributed by atoms with van der Waals surface area (Å²) in [6.45, 7) is -0.544. The molecule has 2 amide bonds. The Labute approximate surface area is 123 Å². The second-order valence-corrected chi connectivity index (χ2v) is 4.52. The molecule has 0 bridgehead atoms. The Morgan fingerprint density at radius 2 is 1.91 bits per heavy atom. The molecular formula is C10H16N6O6. The molecule has 0 aromatic carbocycles. The second-order valence-electron chi connectivity index (χ2n) is 4.52. The zero-order chi connectivity index (χ0) is 16.4. The highest BCUT2D eigenvalue weighted by atomic mass is 16.6. The summed E-state index contributed by atoms with van der Waals surface area (Å²) in [6.07, 6.45) is -4.08. The Bertz CT molecular complexity index is 576. The number of rotatable bonds is 4. The smallest absolute Gasteiger partial charge is 0.286 e. The number of nitrogens with zero attached hydrogens (tertiary/aromatic N) is 2. The topological polar surface area (TPSA) is 198 Å². The number of hydrogen-bond acceptors (Lipinski definition) is 9. The number of ether oxygens (including phenoxy) is 1. The van der Waals surface area contributed by atoms with Crippen LogP contribution in [0.15, 0.2) is 6.33 Å². The molecule has 22 heavy (non-hydrogen) atoms. The van der Waals surface area contributed by atoms with Crippen LogP contribution < -0.4 is 22.5 Å². The van der Waals surface area contributed by atoms with Gasteiger partial charge in [-0.2, -0.15) is 0 Å². The van der Waals surface area contributed by atoms with Crippen molar-refractivity contribution >= 4 is 11.8 Å². The molecule has 1 aliphatic rings. The summed E-state index contributed by atoms with van der Waals surface area (Å²) in [5, 5.41) is 28.8. The predicted octanol–water partition coefficient (Wildman–Crippen LogP) is -4.30. The van der Waals surface area contributed by atoms with Gasteiger partial charge in [-0.15, -0.1) is 0 Å². The molecule has 9 N–H and O–H groups in total. The minimum atomic E-state index is -1.45. The number of amides is 2. The summed E-state index contributed by atoms with van der Waals surface area (Å²) in [4.78, 5) is 27.2. The molecule has 1 aliphatic heterocycles. The van der Waals surface area contributed by atoms with Gasteiger partial charge in [0.1, 0.15) is 24.0 Å². The first-order chi connectivity index (χ1) is 10.5. The Kier molecular flexibility index (Phi) is 4.70. The highest BCUT2D eigenvalue weighted by Crippen LogP contribution is 2.30. The number of aliphatic hydroxyl groups is 3. The summed E-state index contributed by atoms with van der Waals surface area (Å²) in [5.41, 5.74) is 2.98. The van der Waals surface area contributed by atoms with Crippen molar-refractivity contribution in [3.8, 4) is 0 Å². The summed E-state index contributed by atoms with van der Waals surface area (Å²) in [5.74, 6) is 8.33. The zero-order valence-electron chi connectivity index (χ0n) is 11.2. The normalized spacial score (nSPS) is 27.7. The first-order valence-corrected chi connectivity index (χ1v) is 6.17. The first kappa shape index (κ1) is 16.3. The molecule has 1 fully saturated rings. The van der Waals surface area contributed by atoms with E-state index in [-0.39, 0.29) is 11.4 Å². The number of aliphatic hydroxyl groups excluding tert-OH is 3. The highest BCUT2D eigenvalue weighted by molar-refractivity contribution is 6.04. The van der Waals surface area contributed by atoms with Crippen LogP contribution in [0, 0.1) is 0 Å². The number of nitrogens with one attached hydrogen (secondary N) is 2. The maximum Gasteiger partial charge on any atom is 0.286 e. The predicted molar refractivity (Wildman–Crippen MR) is 68.5 cm³/mol. The average Bonchev–Trinajstić information content (AvgIpc) is 3.08. The lowest BCUT2D eigenvalue weighted by atomic mass is 10.1. The van der Waals surface area contributed by atoms with Crippen molar-refractivity contribution in [2.45, 2.75) is 24.5 Å². The summed E-state index contributed by atoms with van der Waals surface area (Å²) in [6, 6.07) is 0. The number of aromatic nitrogens is 2. The van der Waals surface area contributed by atoms with E-state index in [1.165, 1.54) is 0 Å². The lowest BCUT2D eigenvalue weighted by Crippen LogP contribution is -2.38. The number of nitrogen functional groups attached to an aromatic ring is 2. The average molecular weight is 316 g/mol. The van der Waals surface area contributed by atoms with E-state index in [1.54, 1.807) is 0 Å². The lowest BCUT2D eigenvalue weighted by Gasteiger charge is -2.18. The van der Waals surface area contributed by atoms with Gasteiger partial charge in [-0.3, -0.25) is 25.0 Å². The Balaban J connectivity index is 2.45. The molecule has 0 saturated carbocycles. The van der Waals surface area contributed by atoms with Crippen LogP contribution in [0.25, 0.3) is 0 Å². The molecule has 1 aromatic rings. The molecule has 1 saturated heterocycles. The van der Waals surface area contributed by atoms with Crippen LogP contribution in [-0.4, -0.2) is 61.6 Å². The number of imidazole rings is 1. The second kappa shape index (κ2) is 6.35. The van der Waals surface area contributed by atoms with Crippen molar-refractivity contribution < 1.29 is 29.6 Å². The standard InChI is InChI=1S/C10H16N6O6/c11-14-8(20)4-5(9(21)15-12)16(2-13-4)10-7(19)6(18)3(1-17)22-10/h2-3,6-7,10,17-19H,1,11-12H2,(H,14,20)(H,15,21)/t3-,6+,7+,10-/m0/s1. The van der Waals surface area contributed by atoms with E-state index in [4.69, 9.17) is 21.5 Å². The van der Waals surface area contributed by atoms with Crippen molar-refractivity contribution in [3.05, 3.63) is 17.7 Å². The third kappa shape index (κ3) is 2.54. The van der Waals surface area contributed by atoms with E-state index in [0.717, 1.165) is 10.9 Å². The number of hydrazine groups is 2. The van der Waals surface area contributed by atoms with Gasteiger partial charge in [-0.25, -0.2) is 16.7 Å². The number of carbonyl (C=O) groups is 2. The fourth-order valence-corrected chi connectivity index (χ4v) is 2.19. The monoisotopic (exact) mass is 316 g/mol. The van der Waals surface area contributed by atoms with E-state index in [0.29, 0.717) is 0 Å². The van der Waals surface area contributed by atoms with Gasteiger partial charge in [-0.1, -0.05) is 0 Å². The van der Waals surface area contributed by atoms with Gasteiger partial charge in [0.05, 0.1) is 12.9 Å².